The van der Waals surface area contributed by atoms with Crippen molar-refractivity contribution in [3.63, 3.8) is 0 Å². The van der Waals surface area contributed by atoms with Crippen LogP contribution in [0.5, 0.6) is 11.5 Å². The van der Waals surface area contributed by atoms with Gasteiger partial charge in [-0.05, 0) is 57.8 Å². The maximum atomic E-state index is 5.55. The summed E-state index contributed by atoms with van der Waals surface area (Å²) in [6.45, 7) is 1.51. The van der Waals surface area contributed by atoms with Gasteiger partial charge >= 0.3 is 0 Å². The van der Waals surface area contributed by atoms with Gasteiger partial charge in [0.15, 0.2) is 17.3 Å². The van der Waals surface area contributed by atoms with Gasteiger partial charge in [-0.15, -0.1) is 0 Å². The van der Waals surface area contributed by atoms with Gasteiger partial charge in [0.05, 0.1) is 5.69 Å². The number of nitrogens with zero attached hydrogens (tertiary/aromatic N) is 4. The minimum absolute atomic E-state index is 0.296. The van der Waals surface area contributed by atoms with Crippen LogP contribution in [0.25, 0.3) is 5.69 Å². The van der Waals surface area contributed by atoms with E-state index in [1.165, 1.54) is 38.6 Å². The number of rotatable bonds is 5. The summed E-state index contributed by atoms with van der Waals surface area (Å²) in [7, 11) is 2.25. The van der Waals surface area contributed by atoms with Crippen LogP contribution in [0.2, 0.25) is 0 Å². The van der Waals surface area contributed by atoms with E-state index in [-0.39, 0.29) is 0 Å². The maximum Gasteiger partial charge on any atom is 0.231 e. The SMILES string of the molecule is CN1CCCCC1CCc1nc(C2CC2)nn1-c1ccc2c(c1)OCO2. The summed E-state index contributed by atoms with van der Waals surface area (Å²) in [4.78, 5) is 7.42. The number of benzene rings is 1. The number of likely N-dealkylation sites (tertiary alicyclic amines) is 1. The number of hydrogen-bond acceptors (Lipinski definition) is 5. The van der Waals surface area contributed by atoms with Crippen molar-refractivity contribution in [3.05, 3.63) is 29.8 Å². The minimum atomic E-state index is 0.296. The molecule has 0 amide bonds. The Morgan fingerprint density at radius 2 is 2.00 bits per heavy atom. The van der Waals surface area contributed by atoms with Gasteiger partial charge in [-0.25, -0.2) is 9.67 Å². The average Bonchev–Trinajstić information content (AvgIpc) is 3.25. The monoisotopic (exact) mass is 354 g/mol. The molecular weight excluding hydrogens is 328 g/mol. The van der Waals surface area contributed by atoms with Crippen molar-refractivity contribution in [2.45, 2.75) is 56.9 Å². The molecule has 0 N–H and O–H groups in total. The number of aromatic nitrogens is 3. The van der Waals surface area contributed by atoms with Crippen LogP contribution in [0.15, 0.2) is 18.2 Å². The highest BCUT2D eigenvalue weighted by Gasteiger charge is 2.30. The second-order valence-electron chi connectivity index (χ2n) is 7.78. The first-order chi connectivity index (χ1) is 12.8. The second kappa shape index (κ2) is 6.58. The molecule has 1 unspecified atom stereocenters. The second-order valence-corrected chi connectivity index (χ2v) is 7.78. The third-order valence-corrected chi connectivity index (χ3v) is 5.86. The number of ether oxygens (including phenoxy) is 2. The Bertz CT molecular complexity index is 799. The summed E-state index contributed by atoms with van der Waals surface area (Å²) in [5.41, 5.74) is 1.01. The van der Waals surface area contributed by atoms with E-state index in [4.69, 9.17) is 19.6 Å². The fraction of sp³-hybridized carbons (Fsp3) is 0.600. The van der Waals surface area contributed by atoms with Gasteiger partial charge < -0.3 is 14.4 Å². The first-order valence-electron chi connectivity index (χ1n) is 9.84. The molecule has 0 spiro atoms. The van der Waals surface area contributed by atoms with Crippen molar-refractivity contribution >= 4 is 0 Å². The molecule has 0 radical (unpaired) electrons. The van der Waals surface area contributed by atoms with Gasteiger partial charge in [-0.2, -0.15) is 5.10 Å². The molecule has 3 heterocycles. The zero-order chi connectivity index (χ0) is 17.5. The lowest BCUT2D eigenvalue weighted by molar-refractivity contribution is 0.174. The van der Waals surface area contributed by atoms with Gasteiger partial charge in [-0.3, -0.25) is 0 Å². The van der Waals surface area contributed by atoms with E-state index in [9.17, 15) is 0 Å². The molecule has 1 aromatic carbocycles. The summed E-state index contributed by atoms with van der Waals surface area (Å²) >= 11 is 0. The third-order valence-electron chi connectivity index (χ3n) is 5.86. The van der Waals surface area contributed by atoms with Crippen LogP contribution in [0.3, 0.4) is 0 Å². The highest BCUT2D eigenvalue weighted by molar-refractivity contribution is 5.50. The average molecular weight is 354 g/mol. The Kier molecular flexibility index (Phi) is 4.08. The molecule has 26 heavy (non-hydrogen) atoms. The normalized spacial score (nSPS) is 22.7. The zero-order valence-corrected chi connectivity index (χ0v) is 15.4. The third kappa shape index (κ3) is 3.07. The van der Waals surface area contributed by atoms with E-state index in [1.807, 2.05) is 16.8 Å². The zero-order valence-electron chi connectivity index (χ0n) is 15.4. The molecule has 0 bridgehead atoms. The molecule has 3 aliphatic rings. The molecular formula is C20H26N4O2. The molecule has 2 aromatic rings. The predicted molar refractivity (Wildman–Crippen MR) is 98.0 cm³/mol. The van der Waals surface area contributed by atoms with Crippen LogP contribution in [0.4, 0.5) is 0 Å². The first-order valence-corrected chi connectivity index (χ1v) is 9.84. The highest BCUT2D eigenvalue weighted by atomic mass is 16.7. The number of piperidine rings is 1. The summed E-state index contributed by atoms with van der Waals surface area (Å²) in [6.07, 6.45) is 8.51. The van der Waals surface area contributed by atoms with Crippen LogP contribution in [0, 0.1) is 0 Å². The topological polar surface area (TPSA) is 52.4 Å². The predicted octanol–water partition coefficient (Wildman–Crippen LogP) is 3.29. The van der Waals surface area contributed by atoms with Gasteiger partial charge in [-0.1, -0.05) is 6.42 Å². The van der Waals surface area contributed by atoms with Crippen LogP contribution in [-0.2, 0) is 6.42 Å². The highest BCUT2D eigenvalue weighted by Crippen LogP contribution is 2.39. The number of aryl methyl sites for hydroxylation is 1. The molecule has 6 heteroatoms. The van der Waals surface area contributed by atoms with Crippen LogP contribution < -0.4 is 9.47 Å². The Balaban J connectivity index is 1.41. The van der Waals surface area contributed by atoms with Crippen molar-refractivity contribution in [2.75, 3.05) is 20.4 Å². The summed E-state index contributed by atoms with van der Waals surface area (Å²) < 4.78 is 13.0. The number of fused-ring (bicyclic) bond motifs is 1. The Morgan fingerprint density at radius 3 is 2.85 bits per heavy atom. The lowest BCUT2D eigenvalue weighted by Gasteiger charge is -2.32. The molecule has 6 nitrogen and oxygen atoms in total. The molecule has 2 aliphatic heterocycles. The largest absolute Gasteiger partial charge is 0.454 e. The molecule has 1 saturated heterocycles. The van der Waals surface area contributed by atoms with E-state index in [2.05, 4.69) is 18.0 Å². The molecule has 1 saturated carbocycles. The molecule has 1 atom stereocenters. The van der Waals surface area contributed by atoms with E-state index in [0.717, 1.165) is 41.7 Å². The van der Waals surface area contributed by atoms with Crippen LogP contribution in [-0.4, -0.2) is 46.1 Å². The summed E-state index contributed by atoms with van der Waals surface area (Å²) in [5, 5.41) is 4.85. The Hall–Kier alpha value is -2.08. The lowest BCUT2D eigenvalue weighted by Crippen LogP contribution is -2.36. The van der Waals surface area contributed by atoms with Gasteiger partial charge in [0.1, 0.15) is 5.82 Å². The van der Waals surface area contributed by atoms with Gasteiger partial charge in [0.25, 0.3) is 0 Å². The van der Waals surface area contributed by atoms with E-state index >= 15 is 0 Å². The summed E-state index contributed by atoms with van der Waals surface area (Å²) in [5.74, 6) is 4.24. The molecule has 138 valence electrons. The maximum absolute atomic E-state index is 5.55. The lowest BCUT2D eigenvalue weighted by atomic mass is 9.98. The minimum Gasteiger partial charge on any atom is -0.454 e. The molecule has 2 fully saturated rings. The molecule has 5 rings (SSSR count). The fourth-order valence-corrected chi connectivity index (χ4v) is 4.07. The van der Waals surface area contributed by atoms with Crippen molar-refractivity contribution in [2.24, 2.45) is 0 Å². The molecule has 1 aliphatic carbocycles. The van der Waals surface area contributed by atoms with E-state index in [0.29, 0.717) is 18.8 Å². The van der Waals surface area contributed by atoms with Crippen molar-refractivity contribution in [3.8, 4) is 17.2 Å². The first kappa shape index (κ1) is 16.1. The van der Waals surface area contributed by atoms with Gasteiger partial charge in [0, 0.05) is 24.4 Å². The fourth-order valence-electron chi connectivity index (χ4n) is 4.07. The van der Waals surface area contributed by atoms with Crippen molar-refractivity contribution < 1.29 is 9.47 Å². The standard InChI is InChI=1S/C20H26N4O2/c1-23-11-3-2-4-15(23)8-10-19-21-20(14-5-6-14)22-24(19)16-7-9-17-18(12-16)26-13-25-17/h7,9,12,14-15H,2-6,8,10-11,13H2,1H3. The quantitative estimate of drug-likeness (QED) is 0.825. The van der Waals surface area contributed by atoms with Crippen molar-refractivity contribution in [1.82, 2.24) is 19.7 Å². The Morgan fingerprint density at radius 1 is 1.12 bits per heavy atom. The van der Waals surface area contributed by atoms with Crippen LogP contribution >= 0.6 is 0 Å². The smallest absolute Gasteiger partial charge is 0.231 e. The van der Waals surface area contributed by atoms with Crippen LogP contribution in [0.1, 0.15) is 56.1 Å². The number of hydrogen-bond donors (Lipinski definition) is 0. The van der Waals surface area contributed by atoms with E-state index in [1.54, 1.807) is 0 Å². The summed E-state index contributed by atoms with van der Waals surface area (Å²) in [6, 6.07) is 6.70. The van der Waals surface area contributed by atoms with E-state index < -0.39 is 0 Å². The molecule has 1 aromatic heterocycles. The van der Waals surface area contributed by atoms with Crippen molar-refractivity contribution in [1.29, 1.82) is 0 Å². The Labute approximate surface area is 154 Å². The van der Waals surface area contributed by atoms with Gasteiger partial charge in [0.2, 0.25) is 6.79 Å².